The molecule has 110 valence electrons. The number of carbonyl (C=O) groups is 2. The van der Waals surface area contributed by atoms with Crippen molar-refractivity contribution in [1.82, 2.24) is 5.43 Å². The van der Waals surface area contributed by atoms with Crippen molar-refractivity contribution in [2.75, 3.05) is 5.01 Å². The number of halogens is 2. The molecular weight excluding hydrogens is 351 g/mol. The SMILES string of the molecule is O=C1NN(c2ccc(Br)cc2)C(=O)C1=Cc1ccccc1F. The molecule has 2 aromatic carbocycles. The van der Waals surface area contributed by atoms with Crippen LogP contribution in [0, 0.1) is 5.82 Å². The van der Waals surface area contributed by atoms with Crippen molar-refractivity contribution in [3.63, 3.8) is 0 Å². The van der Waals surface area contributed by atoms with Gasteiger partial charge >= 0.3 is 0 Å². The minimum absolute atomic E-state index is 0.104. The van der Waals surface area contributed by atoms with Crippen LogP contribution in [0.4, 0.5) is 10.1 Å². The summed E-state index contributed by atoms with van der Waals surface area (Å²) >= 11 is 3.30. The molecule has 0 aromatic heterocycles. The van der Waals surface area contributed by atoms with Gasteiger partial charge in [-0.1, -0.05) is 34.1 Å². The average molecular weight is 361 g/mol. The van der Waals surface area contributed by atoms with Gasteiger partial charge in [0.25, 0.3) is 11.8 Å². The Bertz CT molecular complexity index is 787. The van der Waals surface area contributed by atoms with Crippen LogP contribution in [0.3, 0.4) is 0 Å². The molecule has 1 fully saturated rings. The number of nitrogens with one attached hydrogen (secondary N) is 1. The average Bonchev–Trinajstić information content (AvgIpc) is 2.78. The Balaban J connectivity index is 1.95. The molecule has 0 atom stereocenters. The highest BCUT2D eigenvalue weighted by atomic mass is 79.9. The molecule has 4 nitrogen and oxygen atoms in total. The monoisotopic (exact) mass is 360 g/mol. The van der Waals surface area contributed by atoms with Crippen molar-refractivity contribution >= 4 is 39.5 Å². The zero-order valence-corrected chi connectivity index (χ0v) is 12.8. The maximum absolute atomic E-state index is 13.7. The Morgan fingerprint density at radius 1 is 1.05 bits per heavy atom. The minimum Gasteiger partial charge on any atom is -0.267 e. The van der Waals surface area contributed by atoms with Gasteiger partial charge in [0.05, 0.1) is 5.69 Å². The lowest BCUT2D eigenvalue weighted by Crippen LogP contribution is -2.35. The van der Waals surface area contributed by atoms with Gasteiger partial charge in [-0.2, -0.15) is 0 Å². The molecule has 0 unspecified atom stereocenters. The first-order valence-corrected chi connectivity index (χ1v) is 7.23. The van der Waals surface area contributed by atoms with Crippen molar-refractivity contribution in [3.8, 4) is 0 Å². The van der Waals surface area contributed by atoms with E-state index in [-0.39, 0.29) is 11.1 Å². The first kappa shape index (κ1) is 14.5. The predicted molar refractivity (Wildman–Crippen MR) is 84.1 cm³/mol. The Kier molecular flexibility index (Phi) is 3.77. The smallest absolute Gasteiger partial charge is 0.267 e. The van der Waals surface area contributed by atoms with E-state index in [0.717, 1.165) is 9.48 Å². The van der Waals surface area contributed by atoms with Gasteiger partial charge in [0.1, 0.15) is 11.4 Å². The Morgan fingerprint density at radius 3 is 2.41 bits per heavy atom. The van der Waals surface area contributed by atoms with Gasteiger partial charge in [-0.3, -0.25) is 15.0 Å². The van der Waals surface area contributed by atoms with Gasteiger partial charge in [0, 0.05) is 10.0 Å². The minimum atomic E-state index is -0.559. The lowest BCUT2D eigenvalue weighted by atomic mass is 10.1. The van der Waals surface area contributed by atoms with Crippen molar-refractivity contribution < 1.29 is 14.0 Å². The third kappa shape index (κ3) is 2.65. The van der Waals surface area contributed by atoms with Gasteiger partial charge in [0.2, 0.25) is 0 Å². The van der Waals surface area contributed by atoms with Crippen molar-refractivity contribution in [3.05, 3.63) is 70.0 Å². The molecule has 0 spiro atoms. The quantitative estimate of drug-likeness (QED) is 0.660. The first-order valence-electron chi connectivity index (χ1n) is 6.43. The number of benzene rings is 2. The summed E-state index contributed by atoms with van der Waals surface area (Å²) in [6.07, 6.45) is 1.26. The number of anilines is 1. The summed E-state index contributed by atoms with van der Waals surface area (Å²) in [6, 6.07) is 12.9. The van der Waals surface area contributed by atoms with Crippen LogP contribution >= 0.6 is 15.9 Å². The van der Waals surface area contributed by atoms with E-state index >= 15 is 0 Å². The van der Waals surface area contributed by atoms with E-state index in [1.54, 1.807) is 36.4 Å². The number of hydrogen-bond donors (Lipinski definition) is 1. The molecule has 2 amide bonds. The fourth-order valence-corrected chi connectivity index (χ4v) is 2.34. The van der Waals surface area contributed by atoms with Crippen LogP contribution in [0.2, 0.25) is 0 Å². The third-order valence-corrected chi connectivity index (χ3v) is 3.71. The third-order valence-electron chi connectivity index (χ3n) is 3.18. The fraction of sp³-hybridized carbons (Fsp3) is 0. The predicted octanol–water partition coefficient (Wildman–Crippen LogP) is 3.05. The summed E-state index contributed by atoms with van der Waals surface area (Å²) in [5.41, 5.74) is 3.08. The van der Waals surface area contributed by atoms with Gasteiger partial charge in [-0.15, -0.1) is 0 Å². The topological polar surface area (TPSA) is 49.4 Å². The second kappa shape index (κ2) is 5.73. The molecular formula is C16H10BrFN2O2. The van der Waals surface area contributed by atoms with E-state index in [1.165, 1.54) is 18.2 Å². The molecule has 0 bridgehead atoms. The summed E-state index contributed by atoms with van der Waals surface area (Å²) in [4.78, 5) is 24.3. The summed E-state index contributed by atoms with van der Waals surface area (Å²) in [5, 5.41) is 1.14. The zero-order valence-electron chi connectivity index (χ0n) is 11.2. The van der Waals surface area contributed by atoms with Gasteiger partial charge in [0.15, 0.2) is 0 Å². The van der Waals surface area contributed by atoms with E-state index in [1.807, 2.05) is 0 Å². The molecule has 3 rings (SSSR count). The van der Waals surface area contributed by atoms with Gasteiger partial charge in [-0.05, 0) is 36.4 Å². The highest BCUT2D eigenvalue weighted by Crippen LogP contribution is 2.23. The number of rotatable bonds is 2. The molecule has 0 aliphatic carbocycles. The number of hydrazine groups is 1. The summed E-state index contributed by atoms with van der Waals surface area (Å²) < 4.78 is 14.5. The van der Waals surface area contributed by atoms with Crippen LogP contribution in [-0.4, -0.2) is 11.8 Å². The molecule has 6 heteroatoms. The number of nitrogens with zero attached hydrogens (tertiary/aromatic N) is 1. The standard InChI is InChI=1S/C16H10BrFN2O2/c17-11-5-7-12(8-6-11)20-16(22)13(15(21)19-20)9-10-3-1-2-4-14(10)18/h1-9H,(H,19,21). The molecule has 1 saturated heterocycles. The lowest BCUT2D eigenvalue weighted by molar-refractivity contribution is -0.117. The van der Waals surface area contributed by atoms with Crippen LogP contribution in [0.5, 0.6) is 0 Å². The molecule has 1 heterocycles. The molecule has 1 aliphatic rings. The van der Waals surface area contributed by atoms with Crippen LogP contribution in [0.1, 0.15) is 5.56 Å². The molecule has 2 aromatic rings. The molecule has 0 radical (unpaired) electrons. The highest BCUT2D eigenvalue weighted by Gasteiger charge is 2.34. The van der Waals surface area contributed by atoms with Gasteiger partial charge in [-0.25, -0.2) is 9.40 Å². The lowest BCUT2D eigenvalue weighted by Gasteiger charge is -2.14. The van der Waals surface area contributed by atoms with E-state index in [9.17, 15) is 14.0 Å². The molecule has 22 heavy (non-hydrogen) atoms. The van der Waals surface area contributed by atoms with E-state index < -0.39 is 17.6 Å². The normalized spacial score (nSPS) is 16.3. The van der Waals surface area contributed by atoms with Crippen molar-refractivity contribution in [2.45, 2.75) is 0 Å². The summed E-state index contributed by atoms with van der Waals surface area (Å²) in [7, 11) is 0. The Labute approximate surface area is 134 Å². The maximum Gasteiger partial charge on any atom is 0.282 e. The van der Waals surface area contributed by atoms with Crippen LogP contribution < -0.4 is 10.4 Å². The van der Waals surface area contributed by atoms with E-state index in [4.69, 9.17) is 0 Å². The van der Waals surface area contributed by atoms with Crippen LogP contribution in [-0.2, 0) is 9.59 Å². The second-order valence-corrected chi connectivity index (χ2v) is 5.55. The Morgan fingerprint density at radius 2 is 1.73 bits per heavy atom. The fourth-order valence-electron chi connectivity index (χ4n) is 2.08. The second-order valence-electron chi connectivity index (χ2n) is 4.64. The van der Waals surface area contributed by atoms with Crippen molar-refractivity contribution in [2.24, 2.45) is 0 Å². The zero-order chi connectivity index (χ0) is 15.7. The first-order chi connectivity index (χ1) is 10.6. The maximum atomic E-state index is 13.7. The van der Waals surface area contributed by atoms with Crippen LogP contribution in [0.15, 0.2) is 58.6 Å². The summed E-state index contributed by atoms with van der Waals surface area (Å²) in [6.45, 7) is 0. The molecule has 1 N–H and O–H groups in total. The van der Waals surface area contributed by atoms with E-state index in [2.05, 4.69) is 21.4 Å². The molecule has 0 saturated carbocycles. The van der Waals surface area contributed by atoms with Crippen LogP contribution in [0.25, 0.3) is 6.08 Å². The number of amides is 2. The largest absolute Gasteiger partial charge is 0.282 e. The number of hydrogen-bond acceptors (Lipinski definition) is 2. The van der Waals surface area contributed by atoms with Gasteiger partial charge < -0.3 is 0 Å². The summed E-state index contributed by atoms with van der Waals surface area (Å²) in [5.74, 6) is -1.57. The Hall–Kier alpha value is -2.47. The highest BCUT2D eigenvalue weighted by molar-refractivity contribution is 9.10. The molecule has 1 aliphatic heterocycles. The number of carbonyl (C=O) groups excluding carboxylic acids is 2. The van der Waals surface area contributed by atoms with E-state index in [0.29, 0.717) is 5.69 Å². The van der Waals surface area contributed by atoms with Crippen molar-refractivity contribution in [1.29, 1.82) is 0 Å².